The molecule has 0 fully saturated rings. The van der Waals surface area contributed by atoms with Gasteiger partial charge >= 0.3 is 6.03 Å². The second kappa shape index (κ2) is 5.31. The molecule has 0 aliphatic rings. The van der Waals surface area contributed by atoms with E-state index in [0.717, 1.165) is 12.1 Å². The number of nitrogens with one attached hydrogen (secondary N) is 2. The fourth-order valence-electron chi connectivity index (χ4n) is 1.33. The van der Waals surface area contributed by atoms with Crippen LogP contribution in [-0.2, 0) is 6.54 Å². The molecule has 2 N–H and O–H groups in total. The van der Waals surface area contributed by atoms with Crippen LogP contribution >= 0.6 is 0 Å². The summed E-state index contributed by atoms with van der Waals surface area (Å²) in [5, 5.41) is 4.88. The molecule has 1 aromatic heterocycles. The number of carbonyl (C=O) groups is 1. The van der Waals surface area contributed by atoms with E-state index in [9.17, 15) is 13.6 Å². The molecule has 0 spiro atoms. The zero-order valence-electron chi connectivity index (χ0n) is 9.24. The maximum absolute atomic E-state index is 12.9. The van der Waals surface area contributed by atoms with Gasteiger partial charge in [-0.05, 0) is 24.3 Å². The van der Waals surface area contributed by atoms with E-state index >= 15 is 0 Å². The predicted octanol–water partition coefficient (Wildman–Crippen LogP) is 2.88. The van der Waals surface area contributed by atoms with Crippen LogP contribution in [0.25, 0.3) is 0 Å². The quantitative estimate of drug-likeness (QED) is 0.882. The molecule has 1 heterocycles. The van der Waals surface area contributed by atoms with E-state index in [2.05, 4.69) is 10.6 Å². The molecule has 0 aliphatic carbocycles. The molecule has 0 unspecified atom stereocenters. The van der Waals surface area contributed by atoms with Crippen LogP contribution in [0.4, 0.5) is 19.3 Å². The van der Waals surface area contributed by atoms with Crippen LogP contribution in [0.2, 0.25) is 0 Å². The predicted molar refractivity (Wildman–Crippen MR) is 60.9 cm³/mol. The van der Waals surface area contributed by atoms with E-state index in [1.165, 1.54) is 12.3 Å². The Kier molecular flexibility index (Phi) is 3.57. The molecule has 0 aliphatic heterocycles. The van der Waals surface area contributed by atoms with Gasteiger partial charge in [0.15, 0.2) is 11.6 Å². The first-order valence-electron chi connectivity index (χ1n) is 5.17. The highest BCUT2D eigenvalue weighted by molar-refractivity contribution is 5.89. The van der Waals surface area contributed by atoms with Crippen LogP contribution in [0.5, 0.6) is 0 Å². The molecule has 0 saturated carbocycles. The van der Waals surface area contributed by atoms with Gasteiger partial charge in [-0.25, -0.2) is 13.6 Å². The highest BCUT2D eigenvalue weighted by atomic mass is 19.2. The Balaban J connectivity index is 1.88. The number of halogens is 2. The zero-order valence-corrected chi connectivity index (χ0v) is 9.24. The number of rotatable bonds is 3. The summed E-state index contributed by atoms with van der Waals surface area (Å²) in [7, 11) is 0. The van der Waals surface area contributed by atoms with Gasteiger partial charge in [-0.2, -0.15) is 0 Å². The van der Waals surface area contributed by atoms with Crippen LogP contribution < -0.4 is 10.6 Å². The van der Waals surface area contributed by atoms with Crippen molar-refractivity contribution >= 4 is 11.7 Å². The van der Waals surface area contributed by atoms with Gasteiger partial charge in [-0.1, -0.05) is 0 Å². The Labute approximate surface area is 102 Å². The first kappa shape index (κ1) is 12.1. The highest BCUT2D eigenvalue weighted by Gasteiger charge is 2.06. The van der Waals surface area contributed by atoms with Gasteiger partial charge in [-0.15, -0.1) is 0 Å². The lowest BCUT2D eigenvalue weighted by atomic mass is 10.3. The van der Waals surface area contributed by atoms with E-state index in [1.54, 1.807) is 12.1 Å². The van der Waals surface area contributed by atoms with Gasteiger partial charge in [0.2, 0.25) is 0 Å². The Morgan fingerprint density at radius 3 is 2.72 bits per heavy atom. The summed E-state index contributed by atoms with van der Waals surface area (Å²) in [6, 6.07) is 5.99. The third kappa shape index (κ3) is 3.07. The van der Waals surface area contributed by atoms with Crippen LogP contribution in [0.15, 0.2) is 41.0 Å². The molecule has 0 atom stereocenters. The lowest BCUT2D eigenvalue weighted by Crippen LogP contribution is -2.28. The first-order chi connectivity index (χ1) is 8.65. The minimum absolute atomic E-state index is 0.172. The summed E-state index contributed by atoms with van der Waals surface area (Å²) in [5.74, 6) is -1.38. The smallest absolute Gasteiger partial charge is 0.319 e. The maximum Gasteiger partial charge on any atom is 0.319 e. The molecular weight excluding hydrogens is 242 g/mol. The maximum atomic E-state index is 12.9. The molecule has 2 amide bonds. The van der Waals surface area contributed by atoms with Crippen molar-refractivity contribution in [2.75, 3.05) is 5.32 Å². The minimum Gasteiger partial charge on any atom is -0.467 e. The van der Waals surface area contributed by atoms with Crippen molar-refractivity contribution in [3.8, 4) is 0 Å². The van der Waals surface area contributed by atoms with Crippen molar-refractivity contribution in [3.05, 3.63) is 54.0 Å². The fourth-order valence-corrected chi connectivity index (χ4v) is 1.33. The number of amides is 2. The van der Waals surface area contributed by atoms with Gasteiger partial charge in [-0.3, -0.25) is 0 Å². The minimum atomic E-state index is -1.01. The molecule has 18 heavy (non-hydrogen) atoms. The average Bonchev–Trinajstić information content (AvgIpc) is 2.84. The summed E-state index contributed by atoms with van der Waals surface area (Å²) in [6.07, 6.45) is 1.49. The van der Waals surface area contributed by atoms with Crippen molar-refractivity contribution in [2.45, 2.75) is 6.54 Å². The van der Waals surface area contributed by atoms with Gasteiger partial charge in [0.1, 0.15) is 5.76 Å². The van der Waals surface area contributed by atoms with Crippen molar-refractivity contribution in [1.82, 2.24) is 5.32 Å². The highest BCUT2D eigenvalue weighted by Crippen LogP contribution is 2.12. The zero-order chi connectivity index (χ0) is 13.0. The summed E-state index contributed by atoms with van der Waals surface area (Å²) < 4.78 is 30.5. The summed E-state index contributed by atoms with van der Waals surface area (Å²) >= 11 is 0. The Bertz CT molecular complexity index is 541. The second-order valence-corrected chi connectivity index (χ2v) is 3.52. The number of urea groups is 1. The van der Waals surface area contributed by atoms with Gasteiger partial charge in [0.05, 0.1) is 12.8 Å². The number of furan rings is 1. The van der Waals surface area contributed by atoms with Gasteiger partial charge in [0, 0.05) is 11.8 Å². The average molecular weight is 252 g/mol. The monoisotopic (exact) mass is 252 g/mol. The molecular formula is C12H10F2N2O2. The van der Waals surface area contributed by atoms with Crippen LogP contribution in [0, 0.1) is 11.6 Å². The molecule has 0 radical (unpaired) electrons. The van der Waals surface area contributed by atoms with Gasteiger partial charge < -0.3 is 15.1 Å². The third-order valence-electron chi connectivity index (χ3n) is 2.18. The summed E-state index contributed by atoms with van der Waals surface area (Å²) in [4.78, 5) is 11.4. The molecule has 0 bridgehead atoms. The molecule has 94 valence electrons. The number of benzene rings is 1. The van der Waals surface area contributed by atoms with Crippen LogP contribution in [-0.4, -0.2) is 6.03 Å². The van der Waals surface area contributed by atoms with Crippen molar-refractivity contribution in [1.29, 1.82) is 0 Å². The Morgan fingerprint density at radius 1 is 1.22 bits per heavy atom. The largest absolute Gasteiger partial charge is 0.467 e. The van der Waals surface area contributed by atoms with Crippen molar-refractivity contribution in [3.63, 3.8) is 0 Å². The molecule has 2 rings (SSSR count). The number of hydrogen-bond acceptors (Lipinski definition) is 2. The first-order valence-corrected chi connectivity index (χ1v) is 5.17. The SMILES string of the molecule is O=C(NCc1ccco1)Nc1ccc(F)c(F)c1. The lowest BCUT2D eigenvalue weighted by molar-refractivity contribution is 0.251. The number of carbonyl (C=O) groups excluding carboxylic acids is 1. The fraction of sp³-hybridized carbons (Fsp3) is 0.0833. The Hall–Kier alpha value is -2.37. The number of hydrogen-bond donors (Lipinski definition) is 2. The van der Waals surface area contributed by atoms with E-state index in [4.69, 9.17) is 4.42 Å². The molecule has 6 heteroatoms. The normalized spacial score (nSPS) is 10.1. The standard InChI is InChI=1S/C12H10F2N2O2/c13-10-4-3-8(6-11(10)14)16-12(17)15-7-9-2-1-5-18-9/h1-6H,7H2,(H2,15,16,17). The van der Waals surface area contributed by atoms with E-state index in [-0.39, 0.29) is 12.2 Å². The second-order valence-electron chi connectivity index (χ2n) is 3.52. The van der Waals surface area contributed by atoms with E-state index < -0.39 is 17.7 Å². The van der Waals surface area contributed by atoms with Crippen molar-refractivity contribution in [2.24, 2.45) is 0 Å². The molecule has 2 aromatic rings. The van der Waals surface area contributed by atoms with Gasteiger partial charge in [0.25, 0.3) is 0 Å². The third-order valence-corrected chi connectivity index (χ3v) is 2.18. The number of anilines is 1. The topological polar surface area (TPSA) is 54.3 Å². The summed E-state index contributed by atoms with van der Waals surface area (Å²) in [5.41, 5.74) is 0.172. The van der Waals surface area contributed by atoms with E-state index in [0.29, 0.717) is 5.76 Å². The molecule has 1 aromatic carbocycles. The summed E-state index contributed by atoms with van der Waals surface area (Å²) in [6.45, 7) is 0.211. The molecule has 4 nitrogen and oxygen atoms in total. The van der Waals surface area contributed by atoms with Crippen LogP contribution in [0.3, 0.4) is 0 Å². The lowest BCUT2D eigenvalue weighted by Gasteiger charge is -2.06. The Morgan fingerprint density at radius 2 is 2.06 bits per heavy atom. The van der Waals surface area contributed by atoms with Crippen LogP contribution in [0.1, 0.15) is 5.76 Å². The van der Waals surface area contributed by atoms with Crippen molar-refractivity contribution < 1.29 is 18.0 Å². The molecule has 0 saturated heterocycles. The van der Waals surface area contributed by atoms with E-state index in [1.807, 2.05) is 0 Å².